The zero-order valence-corrected chi connectivity index (χ0v) is 9.79. The van der Waals surface area contributed by atoms with Gasteiger partial charge in [0.25, 0.3) is 0 Å². The van der Waals surface area contributed by atoms with Crippen LogP contribution in [0.1, 0.15) is 6.92 Å². The first-order valence-corrected chi connectivity index (χ1v) is 6.60. The average Bonchev–Trinajstić information content (AvgIpc) is 2.40. The van der Waals surface area contributed by atoms with Gasteiger partial charge in [-0.15, -0.1) is 0 Å². The van der Waals surface area contributed by atoms with E-state index in [1.807, 2.05) is 6.92 Å². The standard InChI is InChI=1S/C9H11ClN2O2S/c1-7-5-12(15(13,14)6-7)9-8(10)3-2-4-11-9/h2-4,7H,5-6H2,1H3. The van der Waals surface area contributed by atoms with E-state index in [-0.39, 0.29) is 11.7 Å². The number of pyridine rings is 1. The summed E-state index contributed by atoms with van der Waals surface area (Å²) in [5.41, 5.74) is 0. The molecule has 0 N–H and O–H groups in total. The number of hydrogen-bond donors (Lipinski definition) is 0. The molecule has 82 valence electrons. The molecule has 4 nitrogen and oxygen atoms in total. The van der Waals surface area contributed by atoms with Crippen molar-refractivity contribution in [2.45, 2.75) is 6.92 Å². The van der Waals surface area contributed by atoms with E-state index in [1.54, 1.807) is 18.3 Å². The highest BCUT2D eigenvalue weighted by molar-refractivity contribution is 7.93. The number of sulfonamides is 1. The Hall–Kier alpha value is -0.810. The Kier molecular flexibility index (Phi) is 2.60. The summed E-state index contributed by atoms with van der Waals surface area (Å²) in [6, 6.07) is 3.32. The molecule has 1 saturated heterocycles. The highest BCUT2D eigenvalue weighted by Gasteiger charge is 2.35. The SMILES string of the molecule is CC1CN(c2ncccc2Cl)S(=O)(=O)C1. The predicted octanol–water partition coefficient (Wildman–Crippen LogP) is 1.52. The van der Waals surface area contributed by atoms with Crippen LogP contribution in [0, 0.1) is 5.92 Å². The van der Waals surface area contributed by atoms with Crippen molar-refractivity contribution < 1.29 is 8.42 Å². The highest BCUT2D eigenvalue weighted by atomic mass is 35.5. The van der Waals surface area contributed by atoms with Gasteiger partial charge in [0, 0.05) is 12.7 Å². The van der Waals surface area contributed by atoms with Crippen LogP contribution >= 0.6 is 11.6 Å². The molecule has 0 aliphatic carbocycles. The van der Waals surface area contributed by atoms with E-state index in [2.05, 4.69) is 4.98 Å². The van der Waals surface area contributed by atoms with E-state index >= 15 is 0 Å². The Morgan fingerprint density at radius 1 is 1.60 bits per heavy atom. The lowest BCUT2D eigenvalue weighted by atomic mass is 10.2. The van der Waals surface area contributed by atoms with Crippen LogP contribution in [-0.2, 0) is 10.0 Å². The summed E-state index contributed by atoms with van der Waals surface area (Å²) < 4.78 is 24.8. The predicted molar refractivity (Wildman–Crippen MR) is 59.5 cm³/mol. The first-order valence-electron chi connectivity index (χ1n) is 4.61. The van der Waals surface area contributed by atoms with E-state index in [9.17, 15) is 8.42 Å². The zero-order valence-electron chi connectivity index (χ0n) is 8.22. The van der Waals surface area contributed by atoms with Crippen molar-refractivity contribution in [1.82, 2.24) is 4.98 Å². The fourth-order valence-electron chi connectivity index (χ4n) is 1.68. The van der Waals surface area contributed by atoms with Gasteiger partial charge in [-0.2, -0.15) is 0 Å². The average molecular weight is 247 g/mol. The van der Waals surface area contributed by atoms with Gasteiger partial charge in [-0.25, -0.2) is 13.4 Å². The number of halogens is 1. The molecule has 1 aromatic rings. The van der Waals surface area contributed by atoms with Gasteiger partial charge < -0.3 is 0 Å². The minimum atomic E-state index is -3.23. The third kappa shape index (κ3) is 1.94. The lowest BCUT2D eigenvalue weighted by Gasteiger charge is -2.16. The van der Waals surface area contributed by atoms with Crippen LogP contribution in [-0.4, -0.2) is 25.7 Å². The number of anilines is 1. The lowest BCUT2D eigenvalue weighted by Crippen LogP contribution is -2.26. The smallest absolute Gasteiger partial charge is 0.236 e. The van der Waals surface area contributed by atoms with Crippen LogP contribution in [0.5, 0.6) is 0 Å². The van der Waals surface area contributed by atoms with E-state index in [1.165, 1.54) is 4.31 Å². The van der Waals surface area contributed by atoms with Crippen LogP contribution < -0.4 is 4.31 Å². The maximum absolute atomic E-state index is 11.8. The minimum Gasteiger partial charge on any atom is -0.252 e. The zero-order chi connectivity index (χ0) is 11.1. The second-order valence-electron chi connectivity index (χ2n) is 3.72. The molecule has 1 aliphatic rings. The molecule has 6 heteroatoms. The van der Waals surface area contributed by atoms with Crippen molar-refractivity contribution in [3.63, 3.8) is 0 Å². The van der Waals surface area contributed by atoms with Crippen molar-refractivity contribution in [2.75, 3.05) is 16.6 Å². The molecule has 1 unspecified atom stereocenters. The monoisotopic (exact) mass is 246 g/mol. The fraction of sp³-hybridized carbons (Fsp3) is 0.444. The maximum Gasteiger partial charge on any atom is 0.236 e. The van der Waals surface area contributed by atoms with E-state index in [4.69, 9.17) is 11.6 Å². The Labute approximate surface area is 93.9 Å². The number of nitrogens with zero attached hydrogens (tertiary/aromatic N) is 2. The Bertz CT molecular complexity index is 475. The van der Waals surface area contributed by atoms with E-state index < -0.39 is 10.0 Å². The molecular formula is C9H11ClN2O2S. The van der Waals surface area contributed by atoms with Crippen LogP contribution in [0.25, 0.3) is 0 Å². The van der Waals surface area contributed by atoms with Gasteiger partial charge in [-0.05, 0) is 18.1 Å². The molecule has 0 bridgehead atoms. The molecule has 0 aromatic carbocycles. The van der Waals surface area contributed by atoms with Gasteiger partial charge in [0.1, 0.15) is 0 Å². The summed E-state index contributed by atoms with van der Waals surface area (Å²) in [5, 5.41) is 0.371. The molecule has 1 aromatic heterocycles. The summed E-state index contributed by atoms with van der Waals surface area (Å²) in [5.74, 6) is 0.622. The molecule has 0 saturated carbocycles. The van der Waals surface area contributed by atoms with Gasteiger partial charge in [-0.1, -0.05) is 18.5 Å². The number of rotatable bonds is 1. The summed E-state index contributed by atoms with van der Waals surface area (Å²) in [6.07, 6.45) is 1.54. The molecule has 2 rings (SSSR count). The maximum atomic E-state index is 11.8. The van der Waals surface area contributed by atoms with E-state index in [0.717, 1.165) is 0 Å². The van der Waals surface area contributed by atoms with Gasteiger partial charge in [0.15, 0.2) is 5.82 Å². The van der Waals surface area contributed by atoms with E-state index in [0.29, 0.717) is 17.4 Å². The topological polar surface area (TPSA) is 50.3 Å². The Morgan fingerprint density at radius 2 is 2.33 bits per heavy atom. The van der Waals surface area contributed by atoms with Crippen molar-refractivity contribution in [2.24, 2.45) is 5.92 Å². The number of hydrogen-bond acceptors (Lipinski definition) is 3. The minimum absolute atomic E-state index is 0.119. The fourth-order valence-corrected chi connectivity index (χ4v) is 3.85. The van der Waals surface area contributed by atoms with Crippen LogP contribution in [0.15, 0.2) is 18.3 Å². The Morgan fingerprint density at radius 3 is 2.87 bits per heavy atom. The van der Waals surface area contributed by atoms with Crippen molar-refractivity contribution in [1.29, 1.82) is 0 Å². The van der Waals surface area contributed by atoms with Crippen LogP contribution in [0.2, 0.25) is 5.02 Å². The van der Waals surface area contributed by atoms with Crippen LogP contribution in [0.3, 0.4) is 0 Å². The number of aromatic nitrogens is 1. The molecule has 2 heterocycles. The first-order chi connectivity index (χ1) is 7.00. The third-order valence-electron chi connectivity index (χ3n) is 2.28. The van der Waals surface area contributed by atoms with Crippen molar-refractivity contribution in [3.05, 3.63) is 23.4 Å². The summed E-state index contributed by atoms with van der Waals surface area (Å²) in [6.45, 7) is 2.35. The molecule has 0 spiro atoms. The van der Waals surface area contributed by atoms with Gasteiger partial charge in [0.05, 0.1) is 10.8 Å². The van der Waals surface area contributed by atoms with Gasteiger partial charge >= 0.3 is 0 Å². The van der Waals surface area contributed by atoms with Crippen molar-refractivity contribution >= 4 is 27.4 Å². The lowest BCUT2D eigenvalue weighted by molar-refractivity contribution is 0.597. The summed E-state index contributed by atoms with van der Waals surface area (Å²) in [4.78, 5) is 4.01. The summed E-state index contributed by atoms with van der Waals surface area (Å²) in [7, 11) is -3.23. The molecule has 1 fully saturated rings. The second-order valence-corrected chi connectivity index (χ2v) is 6.07. The normalized spacial score (nSPS) is 24.4. The van der Waals surface area contributed by atoms with Gasteiger partial charge in [0.2, 0.25) is 10.0 Å². The quantitative estimate of drug-likeness (QED) is 0.755. The van der Waals surface area contributed by atoms with Crippen molar-refractivity contribution in [3.8, 4) is 0 Å². The molecular weight excluding hydrogens is 236 g/mol. The molecule has 1 atom stereocenters. The second kappa shape index (κ2) is 3.64. The highest BCUT2D eigenvalue weighted by Crippen LogP contribution is 2.30. The van der Waals surface area contributed by atoms with Gasteiger partial charge in [-0.3, -0.25) is 4.31 Å². The molecule has 1 aliphatic heterocycles. The molecule has 0 radical (unpaired) electrons. The summed E-state index contributed by atoms with van der Waals surface area (Å²) >= 11 is 5.91. The third-order valence-corrected chi connectivity index (χ3v) is 4.56. The molecule has 0 amide bonds. The largest absolute Gasteiger partial charge is 0.252 e. The Balaban J connectivity index is 2.45. The molecule has 15 heavy (non-hydrogen) atoms. The van der Waals surface area contributed by atoms with Crippen LogP contribution in [0.4, 0.5) is 5.82 Å². The first kappa shape index (κ1) is 10.7.